The maximum absolute atomic E-state index is 4.67. The predicted octanol–water partition coefficient (Wildman–Crippen LogP) is 4.51. The second-order valence-corrected chi connectivity index (χ2v) is 9.86. The standard InChI is InChI=1S/C22H29N3S/c1-2-5-19(6-3-1)21-23-13-20(26-21)15-25-12-10-22(17-25)9-4-11-24(16-22)14-18-7-8-18/h1-3,5-6,13,18H,4,7-12,14-17H2. The number of nitrogens with zero attached hydrogens (tertiary/aromatic N) is 3. The lowest BCUT2D eigenvalue weighted by Gasteiger charge is -2.40. The van der Waals surface area contributed by atoms with Gasteiger partial charge in [-0.05, 0) is 56.5 Å². The number of likely N-dealkylation sites (tertiary alicyclic amines) is 2. The number of rotatable bonds is 5. The van der Waals surface area contributed by atoms with Gasteiger partial charge in [-0.1, -0.05) is 30.3 Å². The van der Waals surface area contributed by atoms with Crippen molar-refractivity contribution in [3.63, 3.8) is 0 Å². The zero-order chi connectivity index (χ0) is 17.4. The van der Waals surface area contributed by atoms with Gasteiger partial charge in [-0.2, -0.15) is 0 Å². The van der Waals surface area contributed by atoms with Crippen molar-refractivity contribution in [2.24, 2.45) is 11.3 Å². The molecule has 0 radical (unpaired) electrons. The van der Waals surface area contributed by atoms with Gasteiger partial charge in [0.15, 0.2) is 0 Å². The molecule has 0 amide bonds. The van der Waals surface area contributed by atoms with Crippen molar-refractivity contribution in [2.45, 2.75) is 38.6 Å². The SMILES string of the molecule is c1ccc(-c2ncc(CN3CCC4(CCCN(CC5CC5)C4)C3)s2)cc1. The lowest BCUT2D eigenvalue weighted by molar-refractivity contribution is 0.0885. The van der Waals surface area contributed by atoms with E-state index < -0.39 is 0 Å². The normalized spacial score (nSPS) is 27.4. The topological polar surface area (TPSA) is 19.4 Å². The van der Waals surface area contributed by atoms with Crippen molar-refractivity contribution in [2.75, 3.05) is 32.7 Å². The van der Waals surface area contributed by atoms with E-state index in [0.29, 0.717) is 5.41 Å². The van der Waals surface area contributed by atoms with E-state index in [1.54, 1.807) is 0 Å². The molecule has 2 saturated heterocycles. The summed E-state index contributed by atoms with van der Waals surface area (Å²) in [6.07, 6.45) is 9.27. The van der Waals surface area contributed by atoms with Gasteiger partial charge >= 0.3 is 0 Å². The number of hydrogen-bond donors (Lipinski definition) is 0. The molecule has 1 atom stereocenters. The van der Waals surface area contributed by atoms with Gasteiger partial charge in [-0.25, -0.2) is 4.98 Å². The molecule has 2 aromatic rings. The smallest absolute Gasteiger partial charge is 0.123 e. The van der Waals surface area contributed by atoms with Crippen LogP contribution >= 0.6 is 11.3 Å². The van der Waals surface area contributed by atoms with Crippen molar-refractivity contribution < 1.29 is 0 Å². The molecule has 26 heavy (non-hydrogen) atoms. The van der Waals surface area contributed by atoms with Crippen LogP contribution in [0.25, 0.3) is 10.6 Å². The van der Waals surface area contributed by atoms with Crippen LogP contribution in [0.15, 0.2) is 36.5 Å². The fourth-order valence-corrected chi connectivity index (χ4v) is 5.90. The molecule has 3 aliphatic rings. The fourth-order valence-electron chi connectivity index (χ4n) is 4.94. The molecule has 3 fully saturated rings. The highest BCUT2D eigenvalue weighted by molar-refractivity contribution is 7.15. The van der Waals surface area contributed by atoms with Crippen LogP contribution in [0.4, 0.5) is 0 Å². The third kappa shape index (κ3) is 3.73. The molecule has 0 N–H and O–H groups in total. The van der Waals surface area contributed by atoms with E-state index in [4.69, 9.17) is 0 Å². The number of hydrogen-bond acceptors (Lipinski definition) is 4. The fraction of sp³-hybridized carbons (Fsp3) is 0.591. The average Bonchev–Trinajstić information content (AvgIpc) is 3.22. The Morgan fingerprint density at radius 3 is 2.73 bits per heavy atom. The Morgan fingerprint density at radius 1 is 1.04 bits per heavy atom. The average molecular weight is 368 g/mol. The molecular weight excluding hydrogens is 338 g/mol. The Bertz CT molecular complexity index is 739. The summed E-state index contributed by atoms with van der Waals surface area (Å²) in [6, 6.07) is 10.6. The molecule has 1 aromatic carbocycles. The van der Waals surface area contributed by atoms with Crippen LogP contribution in [0.5, 0.6) is 0 Å². The van der Waals surface area contributed by atoms with Crippen molar-refractivity contribution >= 4 is 11.3 Å². The van der Waals surface area contributed by atoms with E-state index >= 15 is 0 Å². The highest BCUT2D eigenvalue weighted by atomic mass is 32.1. The lowest BCUT2D eigenvalue weighted by Crippen LogP contribution is -2.45. The van der Waals surface area contributed by atoms with Gasteiger partial charge in [0.05, 0.1) is 0 Å². The summed E-state index contributed by atoms with van der Waals surface area (Å²) >= 11 is 1.86. The molecular formula is C22H29N3S. The molecule has 138 valence electrons. The first-order valence-corrected chi connectivity index (χ1v) is 11.0. The second kappa shape index (κ2) is 7.06. The quantitative estimate of drug-likeness (QED) is 0.775. The van der Waals surface area contributed by atoms with E-state index in [1.165, 1.54) is 75.3 Å². The van der Waals surface area contributed by atoms with Crippen molar-refractivity contribution in [3.8, 4) is 10.6 Å². The van der Waals surface area contributed by atoms with Crippen LogP contribution in [0, 0.1) is 11.3 Å². The molecule has 1 aromatic heterocycles. The highest BCUT2D eigenvalue weighted by Crippen LogP contribution is 2.41. The second-order valence-electron chi connectivity index (χ2n) is 8.74. The summed E-state index contributed by atoms with van der Waals surface area (Å²) in [5, 5.41) is 1.16. The molecule has 1 saturated carbocycles. The van der Waals surface area contributed by atoms with Crippen LogP contribution in [0.3, 0.4) is 0 Å². The van der Waals surface area contributed by atoms with Gasteiger partial charge in [-0.15, -0.1) is 11.3 Å². The molecule has 4 heteroatoms. The summed E-state index contributed by atoms with van der Waals surface area (Å²) in [4.78, 5) is 11.5. The Balaban J connectivity index is 1.20. The molecule has 5 rings (SSSR count). The Labute approximate surface area is 161 Å². The minimum absolute atomic E-state index is 0.570. The van der Waals surface area contributed by atoms with Crippen molar-refractivity contribution in [1.82, 2.24) is 14.8 Å². The van der Waals surface area contributed by atoms with Crippen LogP contribution in [0.1, 0.15) is 37.0 Å². The Morgan fingerprint density at radius 2 is 1.88 bits per heavy atom. The Hall–Kier alpha value is -1.23. The monoisotopic (exact) mass is 367 g/mol. The highest BCUT2D eigenvalue weighted by Gasteiger charge is 2.42. The maximum atomic E-state index is 4.67. The molecule has 0 bridgehead atoms. The van der Waals surface area contributed by atoms with E-state index in [1.807, 2.05) is 11.3 Å². The summed E-state index contributed by atoms with van der Waals surface area (Å²) in [6.45, 7) is 7.68. The molecule has 1 unspecified atom stereocenters. The maximum Gasteiger partial charge on any atom is 0.123 e. The third-order valence-electron chi connectivity index (χ3n) is 6.42. The zero-order valence-electron chi connectivity index (χ0n) is 15.6. The minimum atomic E-state index is 0.570. The van der Waals surface area contributed by atoms with E-state index in [9.17, 15) is 0 Å². The van der Waals surface area contributed by atoms with Gasteiger partial charge in [0.2, 0.25) is 0 Å². The van der Waals surface area contributed by atoms with Crippen LogP contribution in [-0.2, 0) is 6.54 Å². The van der Waals surface area contributed by atoms with Gasteiger partial charge in [0.25, 0.3) is 0 Å². The van der Waals surface area contributed by atoms with E-state index in [-0.39, 0.29) is 0 Å². The van der Waals surface area contributed by atoms with Crippen LogP contribution < -0.4 is 0 Å². The van der Waals surface area contributed by atoms with Crippen LogP contribution in [-0.4, -0.2) is 47.5 Å². The van der Waals surface area contributed by atoms with Gasteiger partial charge in [0, 0.05) is 42.8 Å². The predicted molar refractivity (Wildman–Crippen MR) is 108 cm³/mol. The first-order valence-electron chi connectivity index (χ1n) is 10.2. The van der Waals surface area contributed by atoms with E-state index in [0.717, 1.165) is 17.5 Å². The number of benzene rings is 1. The van der Waals surface area contributed by atoms with Crippen LogP contribution in [0.2, 0.25) is 0 Å². The first kappa shape index (κ1) is 16.9. The molecule has 3 heterocycles. The third-order valence-corrected chi connectivity index (χ3v) is 7.46. The minimum Gasteiger partial charge on any atom is -0.302 e. The largest absolute Gasteiger partial charge is 0.302 e. The van der Waals surface area contributed by atoms with Gasteiger partial charge in [0.1, 0.15) is 5.01 Å². The lowest BCUT2D eigenvalue weighted by atomic mass is 9.79. The number of thiazole rings is 1. The zero-order valence-corrected chi connectivity index (χ0v) is 16.4. The van der Waals surface area contributed by atoms with Crippen molar-refractivity contribution in [1.29, 1.82) is 0 Å². The summed E-state index contributed by atoms with van der Waals surface area (Å²) in [5.41, 5.74) is 1.81. The molecule has 3 nitrogen and oxygen atoms in total. The summed E-state index contributed by atoms with van der Waals surface area (Å²) in [5.74, 6) is 1.02. The molecule has 1 spiro atoms. The van der Waals surface area contributed by atoms with E-state index in [2.05, 4.69) is 51.3 Å². The summed E-state index contributed by atoms with van der Waals surface area (Å²) < 4.78 is 0. The Kier molecular flexibility index (Phi) is 4.59. The molecule has 2 aliphatic heterocycles. The number of aromatic nitrogens is 1. The van der Waals surface area contributed by atoms with Gasteiger partial charge < -0.3 is 4.90 Å². The first-order chi connectivity index (χ1) is 12.8. The van der Waals surface area contributed by atoms with Gasteiger partial charge in [-0.3, -0.25) is 4.90 Å². The van der Waals surface area contributed by atoms with Crippen molar-refractivity contribution in [3.05, 3.63) is 41.4 Å². The number of piperidine rings is 1. The molecule has 1 aliphatic carbocycles. The summed E-state index contributed by atoms with van der Waals surface area (Å²) in [7, 11) is 0.